The monoisotopic (exact) mass is 193 g/mol. The van der Waals surface area contributed by atoms with Crippen LogP contribution in [0.4, 0.5) is 5.69 Å². The molecule has 0 heterocycles. The Kier molecular flexibility index (Phi) is 2.43. The van der Waals surface area contributed by atoms with Gasteiger partial charge in [0.2, 0.25) is 0 Å². The molecule has 2 aromatic carbocycles. The molecule has 0 saturated carbocycles. The van der Waals surface area contributed by atoms with E-state index in [-0.39, 0.29) is 0 Å². The highest BCUT2D eigenvalue weighted by molar-refractivity contribution is 5.76. The van der Waals surface area contributed by atoms with Crippen molar-refractivity contribution in [3.63, 3.8) is 0 Å². The summed E-state index contributed by atoms with van der Waals surface area (Å²) in [6.45, 7) is 0. The van der Waals surface area contributed by atoms with Gasteiger partial charge in [-0.05, 0) is 23.8 Å². The topological polar surface area (TPSA) is 26.0 Å². The van der Waals surface area contributed by atoms with Gasteiger partial charge in [-0.25, -0.2) is 0 Å². The lowest BCUT2D eigenvalue weighted by Gasteiger charge is -2.05. The van der Waals surface area contributed by atoms with Crippen molar-refractivity contribution in [2.24, 2.45) is 0 Å². The van der Waals surface area contributed by atoms with Gasteiger partial charge >= 0.3 is 0 Å². The van der Waals surface area contributed by atoms with Crippen LogP contribution in [0.25, 0.3) is 11.1 Å². The van der Waals surface area contributed by atoms with E-state index in [1.807, 2.05) is 48.5 Å². The van der Waals surface area contributed by atoms with E-state index in [1.54, 1.807) is 0 Å². The Morgan fingerprint density at radius 2 is 1.80 bits per heavy atom. The highest BCUT2D eigenvalue weighted by Crippen LogP contribution is 2.25. The predicted octanol–water partition coefficient (Wildman–Crippen LogP) is 2.92. The molecule has 72 valence electrons. The first-order chi connectivity index (χ1) is 7.31. The number of para-hydroxylation sites is 1. The molecule has 0 radical (unpaired) electrons. The van der Waals surface area contributed by atoms with Crippen molar-refractivity contribution in [2.45, 2.75) is 0 Å². The quantitative estimate of drug-likeness (QED) is 0.547. The maximum absolute atomic E-state index is 5.89. The Bertz CT molecular complexity index is 521. The molecule has 0 saturated heterocycles. The lowest BCUT2D eigenvalue weighted by molar-refractivity contribution is 1.59. The van der Waals surface area contributed by atoms with Crippen LogP contribution >= 0.6 is 0 Å². The second kappa shape index (κ2) is 3.89. The minimum absolute atomic E-state index is 0.770. The van der Waals surface area contributed by atoms with Crippen LogP contribution in [-0.2, 0) is 0 Å². The van der Waals surface area contributed by atoms with Crippen LogP contribution in [0.2, 0.25) is 0 Å². The average Bonchev–Trinajstić information content (AvgIpc) is 2.30. The summed E-state index contributed by atoms with van der Waals surface area (Å²) in [4.78, 5) is 0. The zero-order valence-corrected chi connectivity index (χ0v) is 8.27. The van der Waals surface area contributed by atoms with Gasteiger partial charge in [-0.1, -0.05) is 36.3 Å². The first-order valence-electron chi connectivity index (χ1n) is 4.73. The van der Waals surface area contributed by atoms with Gasteiger partial charge in [0.05, 0.1) is 0 Å². The highest BCUT2D eigenvalue weighted by atomic mass is 14.6. The van der Waals surface area contributed by atoms with Gasteiger partial charge in [-0.2, -0.15) is 0 Å². The molecule has 2 aromatic rings. The summed E-state index contributed by atoms with van der Waals surface area (Å²) in [5, 5.41) is 0. The number of nitrogens with two attached hydrogens (primary N) is 1. The second-order valence-electron chi connectivity index (χ2n) is 3.31. The van der Waals surface area contributed by atoms with Crippen LogP contribution in [0, 0.1) is 12.3 Å². The molecule has 1 heteroatoms. The summed E-state index contributed by atoms with van der Waals surface area (Å²) >= 11 is 0. The lowest BCUT2D eigenvalue weighted by Crippen LogP contribution is -1.89. The van der Waals surface area contributed by atoms with Crippen molar-refractivity contribution in [2.75, 3.05) is 5.73 Å². The van der Waals surface area contributed by atoms with E-state index < -0.39 is 0 Å². The maximum atomic E-state index is 5.89. The Morgan fingerprint density at radius 1 is 1.00 bits per heavy atom. The van der Waals surface area contributed by atoms with Crippen LogP contribution in [0.3, 0.4) is 0 Å². The minimum atomic E-state index is 0.770. The summed E-state index contributed by atoms with van der Waals surface area (Å²) in [5.74, 6) is 2.62. The Hall–Kier alpha value is -2.20. The number of benzene rings is 2. The third kappa shape index (κ3) is 1.84. The fraction of sp³-hybridized carbons (Fsp3) is 0. The lowest BCUT2D eigenvalue weighted by atomic mass is 10.0. The summed E-state index contributed by atoms with van der Waals surface area (Å²) in [7, 11) is 0. The van der Waals surface area contributed by atoms with Crippen LogP contribution < -0.4 is 5.73 Å². The maximum Gasteiger partial charge on any atom is 0.0393 e. The van der Waals surface area contributed by atoms with E-state index >= 15 is 0 Å². The molecule has 2 N–H and O–H groups in total. The zero-order chi connectivity index (χ0) is 10.7. The molecule has 0 aliphatic heterocycles. The molecule has 0 unspecified atom stereocenters. The van der Waals surface area contributed by atoms with Crippen molar-refractivity contribution >= 4 is 5.69 Å². The summed E-state index contributed by atoms with van der Waals surface area (Å²) in [6.07, 6.45) is 5.35. The minimum Gasteiger partial charge on any atom is -0.398 e. The number of anilines is 1. The fourth-order valence-corrected chi connectivity index (χ4v) is 1.54. The summed E-state index contributed by atoms with van der Waals surface area (Å²) in [5.41, 5.74) is 9.62. The number of hydrogen-bond acceptors (Lipinski definition) is 1. The largest absolute Gasteiger partial charge is 0.398 e. The van der Waals surface area contributed by atoms with Gasteiger partial charge < -0.3 is 5.73 Å². The van der Waals surface area contributed by atoms with Gasteiger partial charge in [0, 0.05) is 16.8 Å². The molecule has 0 aromatic heterocycles. The van der Waals surface area contributed by atoms with E-state index in [0.29, 0.717) is 0 Å². The standard InChI is InChI=1S/C14H11N/c1-2-11-6-5-7-12(10-11)13-8-3-4-9-14(13)15/h1,3-10H,15H2. The molecule has 2 rings (SSSR count). The van der Waals surface area contributed by atoms with Gasteiger partial charge in [0.25, 0.3) is 0 Å². The molecule has 0 aliphatic rings. The van der Waals surface area contributed by atoms with Gasteiger partial charge in [-0.15, -0.1) is 6.42 Å². The van der Waals surface area contributed by atoms with Crippen molar-refractivity contribution in [3.05, 3.63) is 54.1 Å². The van der Waals surface area contributed by atoms with Gasteiger partial charge in [0.15, 0.2) is 0 Å². The van der Waals surface area contributed by atoms with E-state index in [1.165, 1.54) is 0 Å². The zero-order valence-electron chi connectivity index (χ0n) is 8.27. The fourth-order valence-electron chi connectivity index (χ4n) is 1.54. The summed E-state index contributed by atoms with van der Waals surface area (Å²) in [6, 6.07) is 15.6. The summed E-state index contributed by atoms with van der Waals surface area (Å²) < 4.78 is 0. The SMILES string of the molecule is C#Cc1cccc(-c2ccccc2N)c1. The molecule has 1 nitrogen and oxygen atoms in total. The smallest absolute Gasteiger partial charge is 0.0393 e. The molecule has 0 atom stereocenters. The normalized spacial score (nSPS) is 9.53. The van der Waals surface area contributed by atoms with Crippen LogP contribution in [0.1, 0.15) is 5.56 Å². The van der Waals surface area contributed by atoms with Crippen LogP contribution in [0.15, 0.2) is 48.5 Å². The highest BCUT2D eigenvalue weighted by Gasteiger charge is 2.01. The molecule has 0 bridgehead atoms. The van der Waals surface area contributed by atoms with Crippen LogP contribution in [-0.4, -0.2) is 0 Å². The van der Waals surface area contributed by atoms with Crippen molar-refractivity contribution in [1.82, 2.24) is 0 Å². The van der Waals surface area contributed by atoms with Crippen molar-refractivity contribution in [3.8, 4) is 23.5 Å². The Morgan fingerprint density at radius 3 is 2.53 bits per heavy atom. The van der Waals surface area contributed by atoms with E-state index in [4.69, 9.17) is 12.2 Å². The number of terminal acetylenes is 1. The number of hydrogen-bond donors (Lipinski definition) is 1. The van der Waals surface area contributed by atoms with Crippen LogP contribution in [0.5, 0.6) is 0 Å². The van der Waals surface area contributed by atoms with Crippen molar-refractivity contribution in [1.29, 1.82) is 0 Å². The van der Waals surface area contributed by atoms with Crippen molar-refractivity contribution < 1.29 is 0 Å². The first-order valence-corrected chi connectivity index (χ1v) is 4.73. The van der Waals surface area contributed by atoms with E-state index in [0.717, 1.165) is 22.4 Å². The van der Waals surface area contributed by atoms with Gasteiger partial charge in [0.1, 0.15) is 0 Å². The predicted molar refractivity (Wildman–Crippen MR) is 64.2 cm³/mol. The number of nitrogen functional groups attached to an aromatic ring is 1. The molecule has 0 amide bonds. The molecule has 0 spiro atoms. The molecule has 0 aliphatic carbocycles. The van der Waals surface area contributed by atoms with E-state index in [2.05, 4.69) is 5.92 Å². The van der Waals surface area contributed by atoms with Gasteiger partial charge in [-0.3, -0.25) is 0 Å². The van der Waals surface area contributed by atoms with E-state index in [9.17, 15) is 0 Å². The molecule has 15 heavy (non-hydrogen) atoms. The molecular weight excluding hydrogens is 182 g/mol. The second-order valence-corrected chi connectivity index (χ2v) is 3.31. The number of rotatable bonds is 1. The Balaban J connectivity index is 2.55. The average molecular weight is 193 g/mol. The Labute approximate surface area is 89.6 Å². The molecular formula is C14H11N. The third-order valence-electron chi connectivity index (χ3n) is 2.30. The first kappa shape index (κ1) is 9.36. The molecule has 0 fully saturated rings. The third-order valence-corrected chi connectivity index (χ3v) is 2.30.